The largest absolute Gasteiger partial charge is 0.321 e. The van der Waals surface area contributed by atoms with Crippen LogP contribution >= 0.6 is 12.4 Å². The molecule has 2 aromatic rings. The van der Waals surface area contributed by atoms with Gasteiger partial charge in [-0.1, -0.05) is 12.1 Å². The molecule has 1 amide bonds. The molecule has 27 heavy (non-hydrogen) atoms. The Hall–Kier alpha value is -2.18. The molecule has 0 spiro atoms. The molecular formula is C20H25ClFN3O2. The number of carbonyl (C=O) groups excluding carboxylic acids is 1. The number of halogens is 2. The standard InChI is InChI=1S/C20H24FN3O2.ClH/c21-17-6-3-16(4-7-17)14-24-13-1-2-18(20(24)26)23-19(25)8-5-15-9-11-22-12-10-15;/h1-4,6-7,13,15,22H,5,8-12,14H2,(H,23,25);1H. The lowest BCUT2D eigenvalue weighted by Gasteiger charge is -2.22. The summed E-state index contributed by atoms with van der Waals surface area (Å²) in [4.78, 5) is 24.7. The molecule has 1 fully saturated rings. The highest BCUT2D eigenvalue weighted by Crippen LogP contribution is 2.18. The number of hydrogen-bond acceptors (Lipinski definition) is 3. The fourth-order valence-electron chi connectivity index (χ4n) is 3.26. The van der Waals surface area contributed by atoms with E-state index in [4.69, 9.17) is 0 Å². The molecule has 7 heteroatoms. The van der Waals surface area contributed by atoms with Crippen LogP contribution in [0.2, 0.25) is 0 Å². The third-order valence-corrected chi connectivity index (χ3v) is 4.80. The van der Waals surface area contributed by atoms with Crippen LogP contribution < -0.4 is 16.2 Å². The Bertz CT molecular complexity index is 802. The molecule has 0 saturated carbocycles. The van der Waals surface area contributed by atoms with Crippen molar-refractivity contribution in [1.82, 2.24) is 9.88 Å². The molecule has 2 N–H and O–H groups in total. The van der Waals surface area contributed by atoms with Crippen molar-refractivity contribution in [2.24, 2.45) is 5.92 Å². The summed E-state index contributed by atoms with van der Waals surface area (Å²) in [6.07, 6.45) is 5.14. The molecule has 1 aliphatic heterocycles. The van der Waals surface area contributed by atoms with Gasteiger partial charge in [0.05, 0.1) is 6.54 Å². The molecule has 0 aliphatic carbocycles. The van der Waals surface area contributed by atoms with Crippen LogP contribution in [-0.2, 0) is 11.3 Å². The zero-order valence-electron chi connectivity index (χ0n) is 15.1. The maximum atomic E-state index is 13.0. The van der Waals surface area contributed by atoms with Gasteiger partial charge in [-0.05, 0) is 68.1 Å². The smallest absolute Gasteiger partial charge is 0.274 e. The highest BCUT2D eigenvalue weighted by molar-refractivity contribution is 5.90. The lowest BCUT2D eigenvalue weighted by Crippen LogP contribution is -2.29. The third kappa shape index (κ3) is 6.19. The first kappa shape index (κ1) is 21.1. The normalized spacial score (nSPS) is 14.4. The number of pyridine rings is 1. The van der Waals surface area contributed by atoms with Crippen molar-refractivity contribution in [2.75, 3.05) is 18.4 Å². The lowest BCUT2D eigenvalue weighted by atomic mass is 9.93. The predicted octanol–water partition coefficient (Wildman–Crippen LogP) is 3.18. The Morgan fingerprint density at radius 1 is 1.19 bits per heavy atom. The lowest BCUT2D eigenvalue weighted by molar-refractivity contribution is -0.116. The molecule has 3 rings (SSSR count). The Balaban J connectivity index is 0.00000261. The van der Waals surface area contributed by atoms with Gasteiger partial charge in [-0.25, -0.2) is 4.39 Å². The van der Waals surface area contributed by atoms with E-state index in [0.29, 0.717) is 18.9 Å². The van der Waals surface area contributed by atoms with Gasteiger partial charge >= 0.3 is 0 Å². The molecule has 1 aromatic heterocycles. The summed E-state index contributed by atoms with van der Waals surface area (Å²) in [6, 6.07) is 9.37. The maximum Gasteiger partial charge on any atom is 0.274 e. The summed E-state index contributed by atoms with van der Waals surface area (Å²) in [5, 5.41) is 6.05. The highest BCUT2D eigenvalue weighted by Gasteiger charge is 2.15. The number of carbonyl (C=O) groups is 1. The topological polar surface area (TPSA) is 63.1 Å². The summed E-state index contributed by atoms with van der Waals surface area (Å²) >= 11 is 0. The minimum absolute atomic E-state index is 0. The average molecular weight is 394 g/mol. The number of anilines is 1. The Morgan fingerprint density at radius 3 is 2.59 bits per heavy atom. The molecule has 1 aromatic carbocycles. The second-order valence-corrected chi connectivity index (χ2v) is 6.76. The van der Waals surface area contributed by atoms with Crippen molar-refractivity contribution in [3.63, 3.8) is 0 Å². The minimum atomic E-state index is -0.309. The number of rotatable bonds is 6. The fraction of sp³-hybridized carbons (Fsp3) is 0.400. The highest BCUT2D eigenvalue weighted by atomic mass is 35.5. The summed E-state index contributed by atoms with van der Waals surface area (Å²) in [5.74, 6) is 0.143. The van der Waals surface area contributed by atoms with Crippen LogP contribution in [0, 0.1) is 11.7 Å². The van der Waals surface area contributed by atoms with E-state index in [1.54, 1.807) is 30.5 Å². The summed E-state index contributed by atoms with van der Waals surface area (Å²) in [6.45, 7) is 2.36. The molecule has 1 saturated heterocycles. The Kier molecular flexibility index (Phi) is 8.00. The van der Waals surface area contributed by atoms with Gasteiger partial charge in [0.1, 0.15) is 11.5 Å². The molecule has 0 bridgehead atoms. The summed E-state index contributed by atoms with van der Waals surface area (Å²) < 4.78 is 14.5. The number of hydrogen-bond donors (Lipinski definition) is 2. The second-order valence-electron chi connectivity index (χ2n) is 6.76. The fourth-order valence-corrected chi connectivity index (χ4v) is 3.26. The Morgan fingerprint density at radius 2 is 1.89 bits per heavy atom. The van der Waals surface area contributed by atoms with Crippen molar-refractivity contribution in [2.45, 2.75) is 32.2 Å². The van der Waals surface area contributed by atoms with E-state index in [2.05, 4.69) is 10.6 Å². The molecule has 146 valence electrons. The van der Waals surface area contributed by atoms with Crippen molar-refractivity contribution < 1.29 is 9.18 Å². The molecule has 5 nitrogen and oxygen atoms in total. The number of nitrogens with zero attached hydrogens (tertiary/aromatic N) is 1. The maximum absolute atomic E-state index is 13.0. The van der Waals surface area contributed by atoms with Crippen LogP contribution in [0.5, 0.6) is 0 Å². The van der Waals surface area contributed by atoms with Crippen molar-refractivity contribution >= 4 is 24.0 Å². The zero-order valence-corrected chi connectivity index (χ0v) is 15.9. The van der Waals surface area contributed by atoms with Crippen LogP contribution in [0.1, 0.15) is 31.2 Å². The molecular weight excluding hydrogens is 369 g/mol. The van der Waals surface area contributed by atoms with Gasteiger partial charge in [-0.15, -0.1) is 12.4 Å². The number of benzene rings is 1. The van der Waals surface area contributed by atoms with Crippen LogP contribution in [0.15, 0.2) is 47.4 Å². The van der Waals surface area contributed by atoms with E-state index < -0.39 is 0 Å². The SMILES string of the molecule is Cl.O=C(CCC1CCNCC1)Nc1cccn(Cc2ccc(F)cc2)c1=O. The molecule has 1 aliphatic rings. The van der Waals surface area contributed by atoms with Crippen molar-refractivity contribution in [1.29, 1.82) is 0 Å². The number of nitrogens with one attached hydrogen (secondary N) is 2. The van der Waals surface area contributed by atoms with Crippen LogP contribution in [-0.4, -0.2) is 23.6 Å². The first-order valence-corrected chi connectivity index (χ1v) is 9.06. The van der Waals surface area contributed by atoms with Gasteiger partial charge in [-0.2, -0.15) is 0 Å². The van der Waals surface area contributed by atoms with E-state index in [0.717, 1.165) is 37.9 Å². The van der Waals surface area contributed by atoms with E-state index in [9.17, 15) is 14.0 Å². The number of aromatic nitrogens is 1. The van der Waals surface area contributed by atoms with Crippen molar-refractivity contribution in [3.05, 3.63) is 64.3 Å². The minimum Gasteiger partial charge on any atom is -0.321 e. The molecule has 0 atom stereocenters. The van der Waals surface area contributed by atoms with E-state index in [1.165, 1.54) is 16.7 Å². The second kappa shape index (κ2) is 10.2. The van der Waals surface area contributed by atoms with Crippen molar-refractivity contribution in [3.8, 4) is 0 Å². The zero-order chi connectivity index (χ0) is 18.4. The van der Waals surface area contributed by atoms with Gasteiger partial charge in [0.15, 0.2) is 0 Å². The summed E-state index contributed by atoms with van der Waals surface area (Å²) in [7, 11) is 0. The van der Waals surface area contributed by atoms with Crippen LogP contribution in [0.25, 0.3) is 0 Å². The van der Waals surface area contributed by atoms with Gasteiger partial charge in [0.25, 0.3) is 5.56 Å². The first-order chi connectivity index (χ1) is 12.6. The van der Waals surface area contributed by atoms with Gasteiger partial charge in [-0.3, -0.25) is 9.59 Å². The monoisotopic (exact) mass is 393 g/mol. The molecule has 0 radical (unpaired) electrons. The Labute approximate surface area is 164 Å². The van der Waals surface area contributed by atoms with E-state index in [-0.39, 0.29) is 35.4 Å². The third-order valence-electron chi connectivity index (χ3n) is 4.80. The quantitative estimate of drug-likeness (QED) is 0.792. The van der Waals surface area contributed by atoms with Gasteiger partial charge in [0, 0.05) is 12.6 Å². The summed E-state index contributed by atoms with van der Waals surface area (Å²) in [5.41, 5.74) is 0.847. The number of piperidine rings is 1. The molecule has 2 heterocycles. The van der Waals surface area contributed by atoms with Gasteiger partial charge < -0.3 is 15.2 Å². The first-order valence-electron chi connectivity index (χ1n) is 9.06. The molecule has 0 unspecified atom stereocenters. The average Bonchev–Trinajstić information content (AvgIpc) is 2.66. The van der Waals surface area contributed by atoms with E-state index >= 15 is 0 Å². The predicted molar refractivity (Wildman–Crippen MR) is 107 cm³/mol. The van der Waals surface area contributed by atoms with Gasteiger partial charge in [0.2, 0.25) is 5.91 Å². The van der Waals surface area contributed by atoms with E-state index in [1.807, 2.05) is 0 Å². The number of amides is 1. The van der Waals surface area contributed by atoms with Crippen LogP contribution in [0.4, 0.5) is 10.1 Å². The van der Waals surface area contributed by atoms with Crippen LogP contribution in [0.3, 0.4) is 0 Å².